The maximum atomic E-state index is 13.7. The highest BCUT2D eigenvalue weighted by atomic mass is 19.4. The predicted molar refractivity (Wildman–Crippen MR) is 80.6 cm³/mol. The second kappa shape index (κ2) is 6.60. The van der Waals surface area contributed by atoms with E-state index in [1.54, 1.807) is 0 Å². The quantitative estimate of drug-likeness (QED) is 0.726. The molecule has 0 unspecified atom stereocenters. The number of hydrogen-bond acceptors (Lipinski definition) is 7. The molecule has 0 N–H and O–H groups in total. The Morgan fingerprint density at radius 1 is 0.840 bits per heavy atom. The zero-order chi connectivity index (χ0) is 17.4. The zero-order valence-corrected chi connectivity index (χ0v) is 13.0. The van der Waals surface area contributed by atoms with Crippen molar-refractivity contribution in [2.75, 3.05) is 26.4 Å². The minimum Gasteiger partial charge on any atom is -0.407 e. The fourth-order valence-corrected chi connectivity index (χ4v) is 2.96. The minimum atomic E-state index is -4.64. The van der Waals surface area contributed by atoms with E-state index in [4.69, 9.17) is 23.2 Å². The van der Waals surface area contributed by atoms with E-state index >= 15 is 0 Å². The fraction of sp³-hybridized carbons (Fsp3) is 0.538. The van der Waals surface area contributed by atoms with Gasteiger partial charge < -0.3 is 18.6 Å². The second-order valence-corrected chi connectivity index (χ2v) is 5.74. The van der Waals surface area contributed by atoms with Crippen LogP contribution in [0.1, 0.15) is 18.4 Å². The third-order valence-corrected chi connectivity index (χ3v) is 4.06. The smallest absolute Gasteiger partial charge is 0.407 e. The number of aromatic nitrogens is 2. The van der Waals surface area contributed by atoms with E-state index in [2.05, 4.69) is 10.3 Å². The molecular formula is C13H13B2F3N2O5. The first kappa shape index (κ1) is 16.8. The molecule has 2 saturated heterocycles. The van der Waals surface area contributed by atoms with Crippen molar-refractivity contribution < 1.29 is 36.4 Å². The topological polar surface area (TPSA) is 75.8 Å². The molecule has 0 saturated carbocycles. The molecule has 7 nitrogen and oxygen atoms in total. The molecule has 0 bridgehead atoms. The summed E-state index contributed by atoms with van der Waals surface area (Å²) < 4.78 is 67.4. The van der Waals surface area contributed by atoms with E-state index in [1.165, 1.54) is 0 Å². The van der Waals surface area contributed by atoms with Crippen molar-refractivity contribution in [1.82, 2.24) is 10.3 Å². The summed E-state index contributed by atoms with van der Waals surface area (Å²) in [7, 11) is -2.13. The maximum absolute atomic E-state index is 13.7. The largest absolute Gasteiger partial charge is 0.496 e. The van der Waals surface area contributed by atoms with E-state index in [-0.39, 0.29) is 22.0 Å². The number of hydrogen-bond donors (Lipinski definition) is 0. The van der Waals surface area contributed by atoms with E-state index in [1.807, 2.05) is 0 Å². The molecule has 0 aliphatic carbocycles. The SMILES string of the molecule is FC(F)(F)c1cc(B2OCCCO2)c2nonc2c1B1OCCCO1. The van der Waals surface area contributed by atoms with Crippen LogP contribution in [0, 0.1) is 0 Å². The van der Waals surface area contributed by atoms with Crippen LogP contribution in [0.25, 0.3) is 11.0 Å². The first-order valence-electron chi connectivity index (χ1n) is 7.88. The monoisotopic (exact) mass is 356 g/mol. The van der Waals surface area contributed by atoms with Gasteiger partial charge in [0.1, 0.15) is 11.0 Å². The summed E-state index contributed by atoms with van der Waals surface area (Å²) in [5.74, 6) is 0. The van der Waals surface area contributed by atoms with Crippen LogP contribution in [0.3, 0.4) is 0 Å². The van der Waals surface area contributed by atoms with Gasteiger partial charge in [0.2, 0.25) is 0 Å². The molecule has 2 aliphatic heterocycles. The standard InChI is InChI=1S/C13H13B2F3N2O5/c16-13(17,18)8-7-9(14-21-3-1-4-22-14)11-12(20-25-19-11)10(8)15-23-5-2-6-24-15/h7H,1-6H2. The number of benzene rings is 1. The van der Waals surface area contributed by atoms with Crippen molar-refractivity contribution in [1.29, 1.82) is 0 Å². The molecule has 12 heteroatoms. The Bertz CT molecular complexity index is 760. The number of rotatable bonds is 2. The van der Waals surface area contributed by atoms with Crippen molar-refractivity contribution in [2.24, 2.45) is 0 Å². The summed E-state index contributed by atoms with van der Waals surface area (Å²) in [6, 6.07) is 0.958. The van der Waals surface area contributed by atoms with Crippen LogP contribution in [-0.2, 0) is 24.8 Å². The Labute approximate surface area is 141 Å². The van der Waals surface area contributed by atoms with Gasteiger partial charge in [-0.05, 0) is 18.9 Å². The molecule has 3 heterocycles. The summed E-state index contributed by atoms with van der Waals surface area (Å²) in [6.45, 7) is 1.36. The van der Waals surface area contributed by atoms with Gasteiger partial charge in [-0.3, -0.25) is 0 Å². The lowest BCUT2D eigenvalue weighted by Crippen LogP contribution is -2.48. The van der Waals surface area contributed by atoms with Crippen LogP contribution in [0.5, 0.6) is 0 Å². The highest BCUT2D eigenvalue weighted by Gasteiger charge is 2.44. The molecule has 2 aromatic rings. The van der Waals surface area contributed by atoms with Gasteiger partial charge in [0.15, 0.2) is 0 Å². The molecule has 25 heavy (non-hydrogen) atoms. The van der Waals surface area contributed by atoms with Gasteiger partial charge in [-0.25, -0.2) is 4.63 Å². The van der Waals surface area contributed by atoms with Crippen LogP contribution in [0.2, 0.25) is 0 Å². The average molecular weight is 356 g/mol. The molecular weight excluding hydrogens is 343 g/mol. The van der Waals surface area contributed by atoms with Crippen LogP contribution in [-0.4, -0.2) is 51.0 Å². The Kier molecular flexibility index (Phi) is 4.44. The fourth-order valence-electron chi connectivity index (χ4n) is 2.96. The first-order valence-corrected chi connectivity index (χ1v) is 7.88. The highest BCUT2D eigenvalue weighted by Crippen LogP contribution is 2.30. The third-order valence-electron chi connectivity index (χ3n) is 4.06. The molecule has 0 spiro atoms. The Hall–Kier alpha value is -1.62. The van der Waals surface area contributed by atoms with Gasteiger partial charge in [0, 0.05) is 37.4 Å². The van der Waals surface area contributed by atoms with E-state index < -0.39 is 26.0 Å². The molecule has 2 aliphatic rings. The van der Waals surface area contributed by atoms with Crippen molar-refractivity contribution in [3.63, 3.8) is 0 Å². The Morgan fingerprint density at radius 2 is 1.40 bits per heavy atom. The molecule has 1 aromatic carbocycles. The maximum Gasteiger partial charge on any atom is 0.496 e. The van der Waals surface area contributed by atoms with Crippen LogP contribution in [0.4, 0.5) is 13.2 Å². The summed E-state index contributed by atoms with van der Waals surface area (Å²) in [5, 5.41) is 7.41. The molecule has 132 valence electrons. The van der Waals surface area contributed by atoms with Crippen LogP contribution >= 0.6 is 0 Å². The average Bonchev–Trinajstić information content (AvgIpc) is 3.10. The molecule has 2 fully saturated rings. The number of halogens is 3. The Balaban J connectivity index is 1.89. The summed E-state index contributed by atoms with van der Waals surface area (Å²) >= 11 is 0. The predicted octanol–water partition coefficient (Wildman–Crippen LogP) is 0.506. The number of fused-ring (bicyclic) bond motifs is 1. The third kappa shape index (κ3) is 3.14. The van der Waals surface area contributed by atoms with Gasteiger partial charge in [-0.15, -0.1) is 0 Å². The van der Waals surface area contributed by atoms with Crippen molar-refractivity contribution >= 4 is 36.2 Å². The summed E-state index contributed by atoms with van der Waals surface area (Å²) in [6.07, 6.45) is -3.36. The van der Waals surface area contributed by atoms with E-state index in [9.17, 15) is 13.2 Å². The van der Waals surface area contributed by atoms with Gasteiger partial charge in [-0.2, -0.15) is 13.2 Å². The molecule has 0 atom stereocenters. The lowest BCUT2D eigenvalue weighted by Gasteiger charge is -2.25. The van der Waals surface area contributed by atoms with Crippen molar-refractivity contribution in [2.45, 2.75) is 19.0 Å². The molecule has 0 radical (unpaired) electrons. The summed E-state index contributed by atoms with van der Waals surface area (Å²) in [5.41, 5.74) is -0.941. The van der Waals surface area contributed by atoms with Crippen molar-refractivity contribution in [3.8, 4) is 0 Å². The highest BCUT2D eigenvalue weighted by molar-refractivity contribution is 6.68. The van der Waals surface area contributed by atoms with Gasteiger partial charge in [0.25, 0.3) is 0 Å². The van der Waals surface area contributed by atoms with E-state index in [0.29, 0.717) is 39.3 Å². The minimum absolute atomic E-state index is 0.0606. The normalized spacial score (nSPS) is 19.6. The Morgan fingerprint density at radius 3 is 2.00 bits per heavy atom. The van der Waals surface area contributed by atoms with E-state index in [0.717, 1.165) is 6.07 Å². The summed E-state index contributed by atoms with van der Waals surface area (Å²) in [4.78, 5) is 0. The lowest BCUT2D eigenvalue weighted by molar-refractivity contribution is -0.136. The second-order valence-electron chi connectivity index (χ2n) is 5.74. The molecule has 1 aromatic heterocycles. The van der Waals surface area contributed by atoms with Gasteiger partial charge in [-0.1, -0.05) is 10.3 Å². The number of nitrogens with zero attached hydrogens (tertiary/aromatic N) is 2. The zero-order valence-electron chi connectivity index (χ0n) is 13.0. The first-order chi connectivity index (χ1) is 12.1. The number of alkyl halides is 3. The van der Waals surface area contributed by atoms with Gasteiger partial charge >= 0.3 is 20.4 Å². The molecule has 0 amide bonds. The van der Waals surface area contributed by atoms with Crippen molar-refractivity contribution in [3.05, 3.63) is 11.6 Å². The van der Waals surface area contributed by atoms with Crippen LogP contribution in [0.15, 0.2) is 10.7 Å². The lowest BCUT2D eigenvalue weighted by atomic mass is 9.69. The molecule has 4 rings (SSSR count). The van der Waals surface area contributed by atoms with Gasteiger partial charge in [0.05, 0.1) is 5.56 Å². The van der Waals surface area contributed by atoms with Crippen LogP contribution < -0.4 is 10.9 Å².